The number of thiophene rings is 2. The molecular weight excluding hydrogens is 376 g/mol. The van der Waals surface area contributed by atoms with Crippen molar-refractivity contribution in [1.82, 2.24) is 0 Å². The zero-order valence-electron chi connectivity index (χ0n) is 13.5. The van der Waals surface area contributed by atoms with Crippen LogP contribution < -0.4 is 0 Å². The van der Waals surface area contributed by atoms with Crippen LogP contribution in [0.4, 0.5) is 0 Å². The number of halogens is 1. The van der Waals surface area contributed by atoms with Gasteiger partial charge < -0.3 is 10.2 Å². The second kappa shape index (κ2) is 8.37. The summed E-state index contributed by atoms with van der Waals surface area (Å²) >= 11 is 9.38. The number of alkyl halides is 1. The zero-order chi connectivity index (χ0) is 17.8. The fourth-order valence-electron chi connectivity index (χ4n) is 3.27. The molecular formula is C19H19ClO3S2. The van der Waals surface area contributed by atoms with Crippen molar-refractivity contribution in [3.8, 4) is 11.8 Å². The second-order valence-corrected chi connectivity index (χ2v) is 8.90. The molecule has 0 aliphatic heterocycles. The molecule has 2 N–H and O–H groups in total. The van der Waals surface area contributed by atoms with Crippen molar-refractivity contribution in [3.05, 3.63) is 44.3 Å². The molecule has 0 unspecified atom stereocenters. The van der Waals surface area contributed by atoms with Gasteiger partial charge in [-0.05, 0) is 55.2 Å². The molecule has 132 valence electrons. The summed E-state index contributed by atoms with van der Waals surface area (Å²) in [5.74, 6) is 5.59. The lowest BCUT2D eigenvalue weighted by atomic mass is 9.90. The fourth-order valence-corrected chi connectivity index (χ4v) is 5.20. The predicted octanol–water partition coefficient (Wildman–Crippen LogP) is 4.49. The van der Waals surface area contributed by atoms with E-state index in [2.05, 4.69) is 11.8 Å². The van der Waals surface area contributed by atoms with Crippen molar-refractivity contribution >= 4 is 40.2 Å². The van der Waals surface area contributed by atoms with Crippen LogP contribution in [-0.2, 0) is 6.42 Å². The number of rotatable bonds is 5. The number of hydrogen-bond acceptors (Lipinski definition) is 4. The molecule has 0 saturated heterocycles. The number of aliphatic hydroxyl groups excluding tert-OH is 1. The molecule has 1 aliphatic carbocycles. The van der Waals surface area contributed by atoms with Crippen molar-refractivity contribution in [1.29, 1.82) is 0 Å². The van der Waals surface area contributed by atoms with E-state index in [1.165, 1.54) is 11.3 Å². The van der Waals surface area contributed by atoms with Crippen LogP contribution >= 0.6 is 34.3 Å². The van der Waals surface area contributed by atoms with E-state index in [9.17, 15) is 9.90 Å². The van der Waals surface area contributed by atoms with E-state index in [0.29, 0.717) is 11.3 Å². The van der Waals surface area contributed by atoms with Crippen LogP contribution in [0.2, 0.25) is 0 Å². The summed E-state index contributed by atoms with van der Waals surface area (Å²) in [4.78, 5) is 13.4. The Kier molecular flexibility index (Phi) is 6.19. The Bertz CT molecular complexity index is 772. The summed E-state index contributed by atoms with van der Waals surface area (Å²) in [6.45, 7) is 0. The highest BCUT2D eigenvalue weighted by Crippen LogP contribution is 2.39. The molecule has 0 aromatic carbocycles. The Labute approximate surface area is 160 Å². The smallest absolute Gasteiger partial charge is 0.345 e. The van der Waals surface area contributed by atoms with Gasteiger partial charge in [0, 0.05) is 10.3 Å². The Balaban J connectivity index is 1.59. The minimum absolute atomic E-state index is 0.0597. The van der Waals surface area contributed by atoms with Crippen molar-refractivity contribution in [2.45, 2.75) is 37.2 Å². The lowest BCUT2D eigenvalue weighted by molar-refractivity contribution is 0.0702. The third-order valence-electron chi connectivity index (χ3n) is 4.52. The number of hydrogen-bond donors (Lipinski definition) is 2. The van der Waals surface area contributed by atoms with Crippen LogP contribution in [0.5, 0.6) is 0 Å². The first-order valence-electron chi connectivity index (χ1n) is 8.24. The number of carboxylic acids is 1. The maximum Gasteiger partial charge on any atom is 0.345 e. The first-order valence-corrected chi connectivity index (χ1v) is 10.4. The van der Waals surface area contributed by atoms with Gasteiger partial charge >= 0.3 is 5.97 Å². The van der Waals surface area contributed by atoms with Crippen LogP contribution in [0.25, 0.3) is 0 Å². The molecule has 6 heteroatoms. The highest BCUT2D eigenvalue weighted by Gasteiger charge is 2.40. The minimum Gasteiger partial charge on any atom is -0.477 e. The van der Waals surface area contributed by atoms with Gasteiger partial charge in [0.2, 0.25) is 0 Å². The molecule has 1 aliphatic rings. The van der Waals surface area contributed by atoms with Gasteiger partial charge in [0.1, 0.15) is 4.88 Å². The molecule has 0 amide bonds. The molecule has 1 saturated carbocycles. The van der Waals surface area contributed by atoms with Crippen LogP contribution in [0.15, 0.2) is 29.6 Å². The highest BCUT2D eigenvalue weighted by atomic mass is 35.5. The molecule has 2 heterocycles. The second-order valence-electron chi connectivity index (χ2n) is 6.22. The third kappa shape index (κ3) is 4.65. The molecule has 2 aromatic heterocycles. The van der Waals surface area contributed by atoms with Crippen molar-refractivity contribution in [2.75, 3.05) is 0 Å². The van der Waals surface area contributed by atoms with Crippen molar-refractivity contribution in [3.63, 3.8) is 0 Å². The van der Waals surface area contributed by atoms with Gasteiger partial charge in [0.25, 0.3) is 0 Å². The molecule has 3 rings (SSSR count). The van der Waals surface area contributed by atoms with Crippen LogP contribution in [0.3, 0.4) is 0 Å². The molecule has 2 aromatic rings. The standard InChI is InChI=1S/C19H19ClO3S2/c20-16-11-17(21)15(8-6-12-4-2-10-24-12)14(16)5-1-3-13-7-9-18(25-13)19(22)23/h2,4,7,9-10,14-17,21H,1,3,5,11H2,(H,22,23)/t14-,15-,16+,17-/m1/s1. The molecule has 0 bridgehead atoms. The molecule has 0 radical (unpaired) electrons. The Morgan fingerprint density at radius 3 is 2.88 bits per heavy atom. The summed E-state index contributed by atoms with van der Waals surface area (Å²) in [5, 5.41) is 21.2. The summed E-state index contributed by atoms with van der Waals surface area (Å²) in [6.07, 6.45) is 2.74. The van der Waals surface area contributed by atoms with Gasteiger partial charge in [-0.2, -0.15) is 0 Å². The molecule has 0 spiro atoms. The van der Waals surface area contributed by atoms with E-state index in [1.807, 2.05) is 23.6 Å². The first-order chi connectivity index (χ1) is 12.0. The van der Waals surface area contributed by atoms with E-state index in [0.717, 1.165) is 29.0 Å². The van der Waals surface area contributed by atoms with Crippen LogP contribution in [-0.4, -0.2) is 27.7 Å². The molecule has 25 heavy (non-hydrogen) atoms. The molecule has 3 nitrogen and oxygen atoms in total. The summed E-state index contributed by atoms with van der Waals surface area (Å²) < 4.78 is 0. The third-order valence-corrected chi connectivity index (χ3v) is 6.94. The SMILES string of the molecule is O=C(O)c1ccc(CCC[C@@H]2[C@@H](C#Cc3cccs3)[C@H](O)C[C@@H]2Cl)s1. The van der Waals surface area contributed by atoms with Gasteiger partial charge in [0.15, 0.2) is 0 Å². The zero-order valence-corrected chi connectivity index (χ0v) is 15.9. The fraction of sp³-hybridized carbons (Fsp3) is 0.421. The van der Waals surface area contributed by atoms with E-state index in [-0.39, 0.29) is 17.2 Å². The largest absolute Gasteiger partial charge is 0.477 e. The number of aliphatic hydroxyl groups is 1. The maximum absolute atomic E-state index is 10.9. The van der Waals surface area contributed by atoms with Gasteiger partial charge in [0.05, 0.1) is 16.9 Å². The molecule has 4 atom stereocenters. The lowest BCUT2D eigenvalue weighted by Crippen LogP contribution is -2.19. The Morgan fingerprint density at radius 1 is 1.36 bits per heavy atom. The summed E-state index contributed by atoms with van der Waals surface area (Å²) in [6, 6.07) is 7.47. The topological polar surface area (TPSA) is 57.5 Å². The predicted molar refractivity (Wildman–Crippen MR) is 103 cm³/mol. The minimum atomic E-state index is -0.875. The van der Waals surface area contributed by atoms with E-state index in [1.54, 1.807) is 17.4 Å². The number of carbonyl (C=O) groups is 1. The van der Waals surface area contributed by atoms with E-state index in [4.69, 9.17) is 16.7 Å². The van der Waals surface area contributed by atoms with Gasteiger partial charge in [-0.1, -0.05) is 17.9 Å². The Hall–Kier alpha value is -1.32. The number of carboxylic acid groups (broad SMARTS) is 1. The average Bonchev–Trinajstić information content (AvgIpc) is 3.28. The van der Waals surface area contributed by atoms with Gasteiger partial charge in [-0.25, -0.2) is 4.79 Å². The normalized spacial score (nSPS) is 25.5. The lowest BCUT2D eigenvalue weighted by Gasteiger charge is -2.18. The molecule has 1 fully saturated rings. The quantitative estimate of drug-likeness (QED) is 0.580. The summed E-state index contributed by atoms with van der Waals surface area (Å²) in [5.41, 5.74) is 0. The number of aryl methyl sites for hydroxylation is 1. The van der Waals surface area contributed by atoms with Gasteiger partial charge in [-0.3, -0.25) is 0 Å². The van der Waals surface area contributed by atoms with Crippen LogP contribution in [0.1, 0.15) is 38.7 Å². The summed E-state index contributed by atoms with van der Waals surface area (Å²) in [7, 11) is 0. The maximum atomic E-state index is 10.9. The van der Waals surface area contributed by atoms with E-state index < -0.39 is 12.1 Å². The van der Waals surface area contributed by atoms with Crippen LogP contribution in [0, 0.1) is 23.7 Å². The van der Waals surface area contributed by atoms with Crippen molar-refractivity contribution < 1.29 is 15.0 Å². The van der Waals surface area contributed by atoms with E-state index >= 15 is 0 Å². The Morgan fingerprint density at radius 2 is 2.20 bits per heavy atom. The number of aromatic carboxylic acids is 1. The monoisotopic (exact) mass is 394 g/mol. The van der Waals surface area contributed by atoms with Crippen molar-refractivity contribution in [2.24, 2.45) is 11.8 Å². The average molecular weight is 395 g/mol. The highest BCUT2D eigenvalue weighted by molar-refractivity contribution is 7.13. The first kappa shape index (κ1) is 18.5. The van der Waals surface area contributed by atoms with Gasteiger partial charge in [-0.15, -0.1) is 34.3 Å².